The third-order valence-electron chi connectivity index (χ3n) is 4.24. The number of alkyl halides is 3. The number of aromatic carboxylic acids is 1. The van der Waals surface area contributed by atoms with E-state index in [-0.39, 0.29) is 5.56 Å². The third-order valence-corrected chi connectivity index (χ3v) is 4.24. The van der Waals surface area contributed by atoms with Crippen molar-refractivity contribution in [3.05, 3.63) is 70.9 Å². The van der Waals surface area contributed by atoms with Crippen LogP contribution in [0.25, 0.3) is 10.9 Å². The van der Waals surface area contributed by atoms with Gasteiger partial charge in [0.25, 0.3) is 0 Å². The van der Waals surface area contributed by atoms with Gasteiger partial charge in [-0.25, -0.2) is 4.79 Å². The van der Waals surface area contributed by atoms with Gasteiger partial charge in [0.2, 0.25) is 0 Å². The summed E-state index contributed by atoms with van der Waals surface area (Å²) in [7, 11) is 0. The number of nitrogens with zero attached hydrogens (tertiary/aromatic N) is 1. The molecule has 0 bridgehead atoms. The van der Waals surface area contributed by atoms with Crippen LogP contribution < -0.4 is 0 Å². The van der Waals surface area contributed by atoms with Crippen LogP contribution in [0.5, 0.6) is 0 Å². The molecule has 3 nitrogen and oxygen atoms in total. The summed E-state index contributed by atoms with van der Waals surface area (Å²) in [5.41, 5.74) is 1.80. The van der Waals surface area contributed by atoms with Crippen molar-refractivity contribution in [1.29, 1.82) is 0 Å². The molecule has 1 N–H and O–H groups in total. The quantitative estimate of drug-likeness (QED) is 0.724. The second kappa shape index (κ2) is 6.27. The first kappa shape index (κ1) is 17.1. The number of rotatable bonds is 4. The van der Waals surface area contributed by atoms with Gasteiger partial charge < -0.3 is 9.67 Å². The topological polar surface area (TPSA) is 42.2 Å². The number of halogens is 3. The Kier molecular flexibility index (Phi) is 4.29. The first-order chi connectivity index (χ1) is 11.8. The Morgan fingerprint density at radius 2 is 1.80 bits per heavy atom. The number of fused-ring (bicyclic) bond motifs is 1. The molecule has 0 radical (unpaired) electrons. The van der Waals surface area contributed by atoms with Gasteiger partial charge in [0, 0.05) is 23.6 Å². The van der Waals surface area contributed by atoms with Gasteiger partial charge in [-0.15, -0.1) is 0 Å². The van der Waals surface area contributed by atoms with Crippen LogP contribution in [0.3, 0.4) is 0 Å². The zero-order valence-electron chi connectivity index (χ0n) is 13.5. The van der Waals surface area contributed by atoms with Crippen molar-refractivity contribution >= 4 is 16.9 Å². The number of aryl methyl sites for hydroxylation is 1. The highest BCUT2D eigenvalue weighted by Gasteiger charge is 2.30. The Bertz CT molecular complexity index is 924. The Morgan fingerprint density at radius 3 is 2.36 bits per heavy atom. The minimum atomic E-state index is -4.37. The van der Waals surface area contributed by atoms with Crippen LogP contribution in [0.15, 0.2) is 48.7 Å². The lowest BCUT2D eigenvalue weighted by Gasteiger charge is -2.09. The highest BCUT2D eigenvalue weighted by molar-refractivity contribution is 6.05. The Hall–Kier alpha value is -2.76. The van der Waals surface area contributed by atoms with Crippen molar-refractivity contribution < 1.29 is 23.1 Å². The smallest absolute Gasteiger partial charge is 0.416 e. The summed E-state index contributed by atoms with van der Waals surface area (Å²) < 4.78 is 39.9. The first-order valence-corrected chi connectivity index (χ1v) is 7.81. The summed E-state index contributed by atoms with van der Waals surface area (Å²) in [6.45, 7) is 2.56. The van der Waals surface area contributed by atoms with Crippen molar-refractivity contribution in [2.75, 3.05) is 0 Å². The molecule has 3 rings (SSSR count). The van der Waals surface area contributed by atoms with Gasteiger partial charge >= 0.3 is 12.1 Å². The van der Waals surface area contributed by atoms with Gasteiger partial charge in [-0.05, 0) is 42.7 Å². The van der Waals surface area contributed by atoms with E-state index < -0.39 is 17.7 Å². The van der Waals surface area contributed by atoms with Crippen LogP contribution in [0.2, 0.25) is 0 Å². The standard InChI is InChI=1S/C19H16F3NO2/c1-2-23-11-15(18(24)25)17-13(4-3-5-16(17)23)10-12-6-8-14(9-7-12)19(20,21)22/h3-9,11H,2,10H2,1H3,(H,24,25). The Morgan fingerprint density at radius 1 is 1.12 bits per heavy atom. The molecule has 0 spiro atoms. The van der Waals surface area contributed by atoms with Crippen LogP contribution >= 0.6 is 0 Å². The maximum Gasteiger partial charge on any atom is 0.416 e. The molecule has 130 valence electrons. The van der Waals surface area contributed by atoms with Crippen molar-refractivity contribution in [3.8, 4) is 0 Å². The van der Waals surface area contributed by atoms with Crippen molar-refractivity contribution in [3.63, 3.8) is 0 Å². The molecule has 1 heterocycles. The zero-order chi connectivity index (χ0) is 18.2. The lowest BCUT2D eigenvalue weighted by atomic mass is 9.98. The molecule has 0 aliphatic heterocycles. The van der Waals surface area contributed by atoms with Crippen LogP contribution in [0.1, 0.15) is 34.0 Å². The molecule has 25 heavy (non-hydrogen) atoms. The predicted molar refractivity (Wildman–Crippen MR) is 88.8 cm³/mol. The number of carboxylic acid groups (broad SMARTS) is 1. The molecule has 0 unspecified atom stereocenters. The van der Waals surface area contributed by atoms with E-state index in [1.54, 1.807) is 6.20 Å². The molecule has 3 aromatic rings. The summed E-state index contributed by atoms with van der Waals surface area (Å²) in [6, 6.07) is 10.4. The van der Waals surface area contributed by atoms with Crippen molar-refractivity contribution in [1.82, 2.24) is 4.57 Å². The van der Waals surface area contributed by atoms with Gasteiger partial charge in [0.15, 0.2) is 0 Å². The van der Waals surface area contributed by atoms with Crippen LogP contribution in [0.4, 0.5) is 13.2 Å². The molecule has 0 aliphatic rings. The molecule has 0 saturated carbocycles. The molecule has 0 atom stereocenters. The highest BCUT2D eigenvalue weighted by atomic mass is 19.4. The number of benzene rings is 2. The Labute approximate surface area is 142 Å². The molecule has 2 aromatic carbocycles. The number of carbonyl (C=O) groups is 1. The van der Waals surface area contributed by atoms with Gasteiger partial charge in [-0.2, -0.15) is 13.2 Å². The normalized spacial score (nSPS) is 11.8. The molecule has 0 fully saturated rings. The number of aromatic nitrogens is 1. The number of carboxylic acids is 1. The lowest BCUT2D eigenvalue weighted by molar-refractivity contribution is -0.137. The fourth-order valence-corrected chi connectivity index (χ4v) is 3.03. The maximum absolute atomic E-state index is 12.7. The molecule has 0 aliphatic carbocycles. The summed E-state index contributed by atoms with van der Waals surface area (Å²) in [5, 5.41) is 10.1. The number of hydrogen-bond acceptors (Lipinski definition) is 1. The minimum absolute atomic E-state index is 0.208. The fourth-order valence-electron chi connectivity index (χ4n) is 3.03. The number of hydrogen-bond donors (Lipinski definition) is 1. The second-order valence-corrected chi connectivity index (χ2v) is 5.82. The average molecular weight is 347 g/mol. The van der Waals surface area contributed by atoms with Crippen molar-refractivity contribution in [2.45, 2.75) is 26.1 Å². The van der Waals surface area contributed by atoms with Crippen LogP contribution in [-0.2, 0) is 19.1 Å². The monoisotopic (exact) mass is 347 g/mol. The minimum Gasteiger partial charge on any atom is -0.478 e. The van der Waals surface area contributed by atoms with E-state index in [1.807, 2.05) is 29.7 Å². The van der Waals surface area contributed by atoms with Gasteiger partial charge in [-0.1, -0.05) is 24.3 Å². The lowest BCUT2D eigenvalue weighted by Crippen LogP contribution is -2.04. The molecule has 0 saturated heterocycles. The van der Waals surface area contributed by atoms with Crippen molar-refractivity contribution in [2.24, 2.45) is 0 Å². The summed E-state index contributed by atoms with van der Waals surface area (Å²) in [5.74, 6) is -1.02. The maximum atomic E-state index is 12.7. The van der Waals surface area contributed by atoms with E-state index in [9.17, 15) is 23.1 Å². The average Bonchev–Trinajstić information content (AvgIpc) is 2.94. The summed E-state index contributed by atoms with van der Waals surface area (Å²) in [4.78, 5) is 11.6. The largest absolute Gasteiger partial charge is 0.478 e. The third kappa shape index (κ3) is 3.24. The predicted octanol–water partition coefficient (Wildman–Crippen LogP) is 4.97. The summed E-state index contributed by atoms with van der Waals surface area (Å²) >= 11 is 0. The van der Waals surface area contributed by atoms with E-state index in [4.69, 9.17) is 0 Å². The highest BCUT2D eigenvalue weighted by Crippen LogP contribution is 2.31. The van der Waals surface area contributed by atoms with Gasteiger partial charge in [-0.3, -0.25) is 0 Å². The molecular formula is C19H16F3NO2. The molecular weight excluding hydrogens is 331 g/mol. The first-order valence-electron chi connectivity index (χ1n) is 7.81. The molecule has 1 aromatic heterocycles. The van der Waals surface area contributed by atoms with Gasteiger partial charge in [0.1, 0.15) is 0 Å². The second-order valence-electron chi connectivity index (χ2n) is 5.82. The van der Waals surface area contributed by atoms with Gasteiger partial charge in [0.05, 0.1) is 11.1 Å². The fraction of sp³-hybridized carbons (Fsp3) is 0.211. The zero-order valence-corrected chi connectivity index (χ0v) is 13.5. The van der Waals surface area contributed by atoms with Crippen LogP contribution in [-0.4, -0.2) is 15.6 Å². The SMILES string of the molecule is CCn1cc(C(=O)O)c2c(Cc3ccc(C(F)(F)F)cc3)cccc21. The van der Waals surface area contributed by atoms with E-state index >= 15 is 0 Å². The van der Waals surface area contributed by atoms with E-state index in [0.717, 1.165) is 23.2 Å². The van der Waals surface area contributed by atoms with E-state index in [1.165, 1.54) is 12.1 Å². The Balaban J connectivity index is 2.04. The van der Waals surface area contributed by atoms with E-state index in [0.29, 0.717) is 23.9 Å². The summed E-state index contributed by atoms with van der Waals surface area (Å²) in [6.07, 6.45) is -2.40. The van der Waals surface area contributed by atoms with E-state index in [2.05, 4.69) is 0 Å². The molecule has 0 amide bonds. The van der Waals surface area contributed by atoms with Crippen LogP contribution in [0, 0.1) is 0 Å². The molecule has 6 heteroatoms.